The molecule has 0 aliphatic carbocycles. The SMILES string of the molecule is Cn1c(=O)c2[nH]cnc2n(C)c1=O.NC(Cc1cccc(O)c1O)C(=O)O. The monoisotopic (exact) mass is 377 g/mol. The lowest BCUT2D eigenvalue weighted by Gasteiger charge is -2.08. The van der Waals surface area contributed by atoms with Crippen LogP contribution >= 0.6 is 0 Å². The molecule has 1 unspecified atom stereocenters. The van der Waals surface area contributed by atoms with Gasteiger partial charge >= 0.3 is 11.7 Å². The number of aromatic hydroxyl groups is 2. The number of carboxylic acid groups (broad SMARTS) is 1. The van der Waals surface area contributed by atoms with E-state index in [0.29, 0.717) is 16.7 Å². The number of para-hydroxylation sites is 1. The van der Waals surface area contributed by atoms with Gasteiger partial charge in [0.2, 0.25) is 0 Å². The van der Waals surface area contributed by atoms with Gasteiger partial charge in [0.1, 0.15) is 11.6 Å². The molecule has 6 N–H and O–H groups in total. The molecule has 0 bridgehead atoms. The smallest absolute Gasteiger partial charge is 0.332 e. The maximum Gasteiger partial charge on any atom is 0.332 e. The van der Waals surface area contributed by atoms with Crippen LogP contribution in [0.25, 0.3) is 11.2 Å². The first-order valence-electron chi connectivity index (χ1n) is 7.72. The molecule has 2 heterocycles. The lowest BCUT2D eigenvalue weighted by Crippen LogP contribution is -2.36. The number of hydrogen-bond acceptors (Lipinski definition) is 7. The summed E-state index contributed by atoms with van der Waals surface area (Å²) in [5.74, 6) is -1.74. The Hall–Kier alpha value is -3.60. The maximum absolute atomic E-state index is 11.4. The third-order valence-corrected chi connectivity index (χ3v) is 3.88. The van der Waals surface area contributed by atoms with Crippen molar-refractivity contribution in [1.82, 2.24) is 19.1 Å². The molecule has 0 spiro atoms. The maximum atomic E-state index is 11.4. The number of aromatic nitrogens is 4. The molecular formula is C16H19N5O6. The first-order chi connectivity index (χ1) is 12.6. The number of phenols is 2. The lowest BCUT2D eigenvalue weighted by molar-refractivity contribution is -0.138. The van der Waals surface area contributed by atoms with Crippen molar-refractivity contribution in [1.29, 1.82) is 0 Å². The Kier molecular flexibility index (Phi) is 5.66. The summed E-state index contributed by atoms with van der Waals surface area (Å²) >= 11 is 0. The number of benzene rings is 1. The standard InChI is InChI=1S/C9H11NO4.C7H8N4O2/c10-6(9(13)14)4-5-2-1-3-7(11)8(5)12;1-10-5-4(8-3-9-5)6(12)11(2)7(10)13/h1-3,6,11-12H,4,10H2,(H,13,14);3H,1-2H3,(H,8,9). The molecule has 2 aromatic heterocycles. The third-order valence-electron chi connectivity index (χ3n) is 3.88. The van der Waals surface area contributed by atoms with Gasteiger partial charge < -0.3 is 26.0 Å². The Balaban J connectivity index is 0.000000194. The summed E-state index contributed by atoms with van der Waals surface area (Å²) in [6.07, 6.45) is 1.38. The van der Waals surface area contributed by atoms with Crippen LogP contribution in [0.5, 0.6) is 11.5 Å². The van der Waals surface area contributed by atoms with Crippen molar-refractivity contribution in [2.24, 2.45) is 19.8 Å². The summed E-state index contributed by atoms with van der Waals surface area (Å²) in [6.45, 7) is 0. The van der Waals surface area contributed by atoms with Gasteiger partial charge in [0.05, 0.1) is 6.33 Å². The summed E-state index contributed by atoms with van der Waals surface area (Å²) in [5, 5.41) is 27.0. The number of hydrogen-bond donors (Lipinski definition) is 5. The normalized spacial score (nSPS) is 11.7. The zero-order valence-corrected chi connectivity index (χ0v) is 14.6. The minimum absolute atomic E-state index is 0.0183. The molecule has 0 saturated carbocycles. The molecule has 0 amide bonds. The molecular weight excluding hydrogens is 358 g/mol. The van der Waals surface area contributed by atoms with E-state index in [1.54, 1.807) is 7.05 Å². The van der Waals surface area contributed by atoms with Gasteiger partial charge in [-0.2, -0.15) is 0 Å². The minimum Gasteiger partial charge on any atom is -0.504 e. The molecule has 144 valence electrons. The number of carboxylic acids is 1. The van der Waals surface area contributed by atoms with E-state index < -0.39 is 12.0 Å². The summed E-state index contributed by atoms with van der Waals surface area (Å²) in [6, 6.07) is 3.25. The summed E-state index contributed by atoms with van der Waals surface area (Å²) in [7, 11) is 3.01. The minimum atomic E-state index is -1.15. The first-order valence-corrected chi connectivity index (χ1v) is 7.72. The molecule has 0 fully saturated rings. The van der Waals surface area contributed by atoms with Crippen molar-refractivity contribution in [3.8, 4) is 11.5 Å². The van der Waals surface area contributed by atoms with Gasteiger partial charge in [0.25, 0.3) is 5.56 Å². The van der Waals surface area contributed by atoms with Crippen molar-refractivity contribution in [2.45, 2.75) is 12.5 Å². The fourth-order valence-electron chi connectivity index (χ4n) is 2.34. The number of imidazole rings is 1. The molecule has 0 radical (unpaired) electrons. The molecule has 0 aliphatic heterocycles. The molecule has 3 aromatic rings. The predicted molar refractivity (Wildman–Crippen MR) is 95.7 cm³/mol. The van der Waals surface area contributed by atoms with E-state index in [4.69, 9.17) is 15.9 Å². The van der Waals surface area contributed by atoms with E-state index in [0.717, 1.165) is 4.57 Å². The molecule has 11 nitrogen and oxygen atoms in total. The van der Waals surface area contributed by atoms with Gasteiger partial charge in [0, 0.05) is 20.5 Å². The van der Waals surface area contributed by atoms with Gasteiger partial charge in [-0.05, 0) is 11.6 Å². The van der Waals surface area contributed by atoms with Crippen molar-refractivity contribution < 1.29 is 20.1 Å². The number of nitrogens with zero attached hydrogens (tertiary/aromatic N) is 3. The highest BCUT2D eigenvalue weighted by Crippen LogP contribution is 2.28. The number of carbonyl (C=O) groups is 1. The largest absolute Gasteiger partial charge is 0.504 e. The van der Waals surface area contributed by atoms with Crippen LogP contribution in [0.4, 0.5) is 0 Å². The number of aryl methyl sites for hydroxylation is 1. The van der Waals surface area contributed by atoms with Crippen molar-refractivity contribution >= 4 is 17.1 Å². The molecule has 1 aromatic carbocycles. The Morgan fingerprint density at radius 2 is 1.93 bits per heavy atom. The quantitative estimate of drug-likeness (QED) is 0.361. The molecule has 0 aliphatic rings. The fraction of sp³-hybridized carbons (Fsp3) is 0.250. The molecule has 0 saturated heterocycles. The zero-order chi connectivity index (χ0) is 20.3. The average Bonchev–Trinajstić information content (AvgIpc) is 3.12. The van der Waals surface area contributed by atoms with E-state index in [9.17, 15) is 19.5 Å². The van der Waals surface area contributed by atoms with Crippen molar-refractivity contribution in [3.63, 3.8) is 0 Å². The van der Waals surface area contributed by atoms with Gasteiger partial charge in [-0.1, -0.05) is 12.1 Å². The van der Waals surface area contributed by atoms with Crippen LogP contribution < -0.4 is 17.0 Å². The molecule has 11 heteroatoms. The second-order valence-corrected chi connectivity index (χ2v) is 5.74. The summed E-state index contributed by atoms with van der Waals surface area (Å²) in [5.41, 5.74) is 5.61. The number of nitrogens with one attached hydrogen (secondary N) is 1. The van der Waals surface area contributed by atoms with E-state index in [-0.39, 0.29) is 29.2 Å². The topological polar surface area (TPSA) is 176 Å². The summed E-state index contributed by atoms with van der Waals surface area (Å²) < 4.78 is 2.37. The molecule has 3 rings (SSSR count). The van der Waals surface area contributed by atoms with Gasteiger partial charge in [-0.3, -0.25) is 18.7 Å². The van der Waals surface area contributed by atoms with E-state index >= 15 is 0 Å². The van der Waals surface area contributed by atoms with Crippen LogP contribution in [-0.4, -0.2) is 46.4 Å². The Bertz CT molecular complexity index is 1100. The Morgan fingerprint density at radius 3 is 2.56 bits per heavy atom. The summed E-state index contributed by atoms with van der Waals surface area (Å²) in [4.78, 5) is 39.8. The second kappa shape index (κ2) is 7.74. The van der Waals surface area contributed by atoms with Gasteiger partial charge in [0.15, 0.2) is 17.1 Å². The number of aliphatic carboxylic acids is 1. The second-order valence-electron chi connectivity index (χ2n) is 5.74. The number of fused-ring (bicyclic) bond motifs is 1. The highest BCUT2D eigenvalue weighted by molar-refractivity contribution is 5.73. The van der Waals surface area contributed by atoms with Gasteiger partial charge in [-0.25, -0.2) is 9.78 Å². The van der Waals surface area contributed by atoms with Crippen LogP contribution in [0.3, 0.4) is 0 Å². The number of H-pyrrole nitrogens is 1. The third kappa shape index (κ3) is 3.98. The van der Waals surface area contributed by atoms with Crippen LogP contribution in [0.15, 0.2) is 34.1 Å². The average molecular weight is 377 g/mol. The highest BCUT2D eigenvalue weighted by Gasteiger charge is 2.15. The fourth-order valence-corrected chi connectivity index (χ4v) is 2.34. The van der Waals surface area contributed by atoms with E-state index in [1.807, 2.05) is 0 Å². The van der Waals surface area contributed by atoms with Crippen LogP contribution in [-0.2, 0) is 25.3 Å². The van der Waals surface area contributed by atoms with Crippen LogP contribution in [0.1, 0.15) is 5.56 Å². The number of rotatable bonds is 3. The molecule has 27 heavy (non-hydrogen) atoms. The Labute approximate surface area is 151 Å². The van der Waals surface area contributed by atoms with Crippen molar-refractivity contribution in [2.75, 3.05) is 0 Å². The Morgan fingerprint density at radius 1 is 1.26 bits per heavy atom. The number of aromatic amines is 1. The number of phenolic OH excluding ortho intramolecular Hbond substituents is 2. The van der Waals surface area contributed by atoms with E-state index in [2.05, 4.69) is 9.97 Å². The van der Waals surface area contributed by atoms with E-state index in [1.165, 1.54) is 36.1 Å². The molecule has 1 atom stereocenters. The van der Waals surface area contributed by atoms with Crippen molar-refractivity contribution in [3.05, 3.63) is 50.9 Å². The predicted octanol–water partition coefficient (Wildman–Crippen LogP) is -0.987. The lowest BCUT2D eigenvalue weighted by atomic mass is 10.1. The van der Waals surface area contributed by atoms with Crippen LogP contribution in [0.2, 0.25) is 0 Å². The highest BCUT2D eigenvalue weighted by atomic mass is 16.4. The zero-order valence-electron chi connectivity index (χ0n) is 14.6. The first kappa shape index (κ1) is 19.7. The number of nitrogens with two attached hydrogens (primary N) is 1. The van der Waals surface area contributed by atoms with Crippen LogP contribution in [0, 0.1) is 0 Å². The van der Waals surface area contributed by atoms with Gasteiger partial charge in [-0.15, -0.1) is 0 Å².